The van der Waals surface area contributed by atoms with E-state index in [9.17, 15) is 14.0 Å². The minimum absolute atomic E-state index is 0.0854. The van der Waals surface area contributed by atoms with E-state index >= 15 is 0 Å². The van der Waals surface area contributed by atoms with Crippen molar-refractivity contribution in [2.24, 2.45) is 5.10 Å². The average Bonchev–Trinajstić information content (AvgIpc) is 2.75. The Hall–Kier alpha value is -4.00. The van der Waals surface area contributed by atoms with Crippen molar-refractivity contribution in [2.45, 2.75) is 13.0 Å². The lowest BCUT2D eigenvalue weighted by atomic mass is 10.1. The van der Waals surface area contributed by atoms with Crippen LogP contribution in [0.3, 0.4) is 0 Å². The van der Waals surface area contributed by atoms with E-state index in [0.717, 1.165) is 5.56 Å². The molecule has 152 valence electrons. The van der Waals surface area contributed by atoms with Gasteiger partial charge in [-0.05, 0) is 47.5 Å². The Labute approximate surface area is 172 Å². The molecule has 0 saturated carbocycles. The number of hydrogen-bond donors (Lipinski definition) is 2. The summed E-state index contributed by atoms with van der Waals surface area (Å²) in [5.74, 6) is -1.09. The monoisotopic (exact) mass is 406 g/mol. The largest absolute Gasteiger partial charge is 0.488 e. The number of nitrogens with one attached hydrogen (secondary N) is 1. The number of amides is 1. The zero-order valence-electron chi connectivity index (χ0n) is 15.9. The van der Waals surface area contributed by atoms with Gasteiger partial charge in [-0.1, -0.05) is 36.4 Å². The highest BCUT2D eigenvalue weighted by atomic mass is 19.1. The molecule has 0 atom stereocenters. The molecule has 6 nitrogen and oxygen atoms in total. The molecule has 0 spiro atoms. The number of benzene rings is 3. The van der Waals surface area contributed by atoms with Crippen LogP contribution in [0.25, 0.3) is 0 Å². The van der Waals surface area contributed by atoms with Gasteiger partial charge < -0.3 is 9.84 Å². The molecule has 0 fully saturated rings. The van der Waals surface area contributed by atoms with Crippen molar-refractivity contribution in [2.75, 3.05) is 0 Å². The van der Waals surface area contributed by atoms with Gasteiger partial charge in [-0.25, -0.2) is 14.6 Å². The fraction of sp³-hybridized carbons (Fsp3) is 0.0870. The number of hydrazone groups is 1. The smallest absolute Gasteiger partial charge is 0.335 e. The highest BCUT2D eigenvalue weighted by molar-refractivity contribution is 5.87. The molecule has 0 saturated heterocycles. The van der Waals surface area contributed by atoms with Crippen molar-refractivity contribution in [1.29, 1.82) is 0 Å². The van der Waals surface area contributed by atoms with Gasteiger partial charge in [0.05, 0.1) is 18.2 Å². The maximum absolute atomic E-state index is 12.9. The molecule has 0 heterocycles. The van der Waals surface area contributed by atoms with Crippen LogP contribution in [0.5, 0.6) is 5.75 Å². The Bertz CT molecular complexity index is 1050. The molecule has 3 aromatic rings. The second-order valence-corrected chi connectivity index (χ2v) is 6.42. The quantitative estimate of drug-likeness (QED) is 0.440. The number of carboxylic acids is 1. The van der Waals surface area contributed by atoms with E-state index in [0.29, 0.717) is 16.9 Å². The summed E-state index contributed by atoms with van der Waals surface area (Å²) in [4.78, 5) is 22.9. The molecule has 30 heavy (non-hydrogen) atoms. The van der Waals surface area contributed by atoms with Crippen LogP contribution in [-0.2, 0) is 17.8 Å². The summed E-state index contributed by atoms with van der Waals surface area (Å²) in [5, 5.41) is 12.9. The lowest BCUT2D eigenvalue weighted by molar-refractivity contribution is -0.120. The van der Waals surface area contributed by atoms with E-state index in [1.165, 1.54) is 30.5 Å². The molecule has 2 N–H and O–H groups in total. The van der Waals surface area contributed by atoms with Gasteiger partial charge >= 0.3 is 5.97 Å². The van der Waals surface area contributed by atoms with Crippen LogP contribution in [0.2, 0.25) is 0 Å². The van der Waals surface area contributed by atoms with Crippen molar-refractivity contribution in [3.05, 3.63) is 101 Å². The van der Waals surface area contributed by atoms with Crippen LogP contribution in [-0.4, -0.2) is 23.2 Å². The number of ether oxygens (including phenoxy) is 1. The molecular weight excluding hydrogens is 387 g/mol. The highest BCUT2D eigenvalue weighted by Crippen LogP contribution is 2.18. The van der Waals surface area contributed by atoms with Crippen LogP contribution < -0.4 is 10.2 Å². The molecule has 0 aliphatic carbocycles. The third kappa shape index (κ3) is 6.00. The first-order valence-corrected chi connectivity index (χ1v) is 9.11. The fourth-order valence-electron chi connectivity index (χ4n) is 2.62. The zero-order valence-corrected chi connectivity index (χ0v) is 15.9. The van der Waals surface area contributed by atoms with Crippen molar-refractivity contribution >= 4 is 18.1 Å². The van der Waals surface area contributed by atoms with Crippen molar-refractivity contribution in [3.8, 4) is 5.75 Å². The Morgan fingerprint density at radius 2 is 1.63 bits per heavy atom. The molecule has 3 aromatic carbocycles. The number of para-hydroxylation sites is 1. The second kappa shape index (κ2) is 9.97. The third-order valence-corrected chi connectivity index (χ3v) is 4.19. The van der Waals surface area contributed by atoms with Crippen molar-refractivity contribution in [1.82, 2.24) is 5.43 Å². The molecule has 0 unspecified atom stereocenters. The normalized spacial score (nSPS) is 10.7. The van der Waals surface area contributed by atoms with Gasteiger partial charge in [0.1, 0.15) is 18.2 Å². The Morgan fingerprint density at radius 3 is 2.33 bits per heavy atom. The number of halogens is 1. The average molecular weight is 406 g/mol. The van der Waals surface area contributed by atoms with Crippen LogP contribution in [0.4, 0.5) is 4.39 Å². The lowest BCUT2D eigenvalue weighted by Gasteiger charge is -2.09. The molecule has 0 aliphatic heterocycles. The van der Waals surface area contributed by atoms with Crippen molar-refractivity contribution < 1.29 is 23.8 Å². The molecule has 7 heteroatoms. The molecule has 0 radical (unpaired) electrons. The fourth-order valence-corrected chi connectivity index (χ4v) is 2.62. The molecule has 0 aromatic heterocycles. The first-order valence-electron chi connectivity index (χ1n) is 9.11. The third-order valence-electron chi connectivity index (χ3n) is 4.19. The first kappa shape index (κ1) is 20.7. The Balaban J connectivity index is 1.57. The standard InChI is InChI=1S/C23H19FN2O4/c24-20-11-7-16(8-12-20)13-22(27)26-25-14-19-3-1-2-4-21(19)30-15-17-5-9-18(10-6-17)23(28)29/h1-12,14H,13,15H2,(H,26,27)(H,28,29)/b25-14+. The minimum atomic E-state index is -0.981. The Morgan fingerprint density at radius 1 is 0.967 bits per heavy atom. The van der Waals surface area contributed by atoms with E-state index in [2.05, 4.69) is 10.5 Å². The maximum atomic E-state index is 12.9. The maximum Gasteiger partial charge on any atom is 0.335 e. The molecule has 0 bridgehead atoms. The number of carboxylic acid groups (broad SMARTS) is 1. The van der Waals surface area contributed by atoms with Crippen LogP contribution in [0.15, 0.2) is 77.9 Å². The number of carbonyl (C=O) groups is 2. The summed E-state index contributed by atoms with van der Waals surface area (Å²) in [6.07, 6.45) is 1.56. The first-order chi connectivity index (χ1) is 14.5. The number of rotatable bonds is 8. The van der Waals surface area contributed by atoms with E-state index in [1.54, 1.807) is 36.4 Å². The molecular formula is C23H19FN2O4. The topological polar surface area (TPSA) is 88.0 Å². The summed E-state index contributed by atoms with van der Waals surface area (Å²) in [5.41, 5.74) is 4.82. The van der Waals surface area contributed by atoms with E-state index in [4.69, 9.17) is 9.84 Å². The van der Waals surface area contributed by atoms with Crippen LogP contribution >= 0.6 is 0 Å². The summed E-state index contributed by atoms with van der Waals surface area (Å²) in [7, 11) is 0. The number of carbonyl (C=O) groups excluding carboxylic acids is 1. The minimum Gasteiger partial charge on any atom is -0.488 e. The molecule has 1 amide bonds. The van der Waals surface area contributed by atoms with Gasteiger partial charge in [0.2, 0.25) is 5.91 Å². The Kier molecular flexibility index (Phi) is 6.89. The number of hydrogen-bond acceptors (Lipinski definition) is 4. The summed E-state index contributed by atoms with van der Waals surface area (Å²) < 4.78 is 18.7. The lowest BCUT2D eigenvalue weighted by Crippen LogP contribution is -2.19. The second-order valence-electron chi connectivity index (χ2n) is 6.42. The predicted molar refractivity (Wildman–Crippen MR) is 110 cm³/mol. The zero-order chi connectivity index (χ0) is 21.3. The van der Waals surface area contributed by atoms with Gasteiger partial charge in [-0.3, -0.25) is 4.79 Å². The van der Waals surface area contributed by atoms with Crippen molar-refractivity contribution in [3.63, 3.8) is 0 Å². The van der Waals surface area contributed by atoms with Crippen LogP contribution in [0, 0.1) is 5.82 Å². The summed E-state index contributed by atoms with van der Waals surface area (Å²) in [6.45, 7) is 0.252. The SMILES string of the molecule is O=C(Cc1ccc(F)cc1)N/N=C/c1ccccc1OCc1ccc(C(=O)O)cc1. The van der Waals surface area contributed by atoms with E-state index < -0.39 is 5.97 Å². The predicted octanol–water partition coefficient (Wildman–Crippen LogP) is 3.80. The van der Waals surface area contributed by atoms with Gasteiger partial charge in [-0.2, -0.15) is 5.10 Å². The highest BCUT2D eigenvalue weighted by Gasteiger charge is 2.05. The number of nitrogens with zero attached hydrogens (tertiary/aromatic N) is 1. The van der Waals surface area contributed by atoms with Gasteiger partial charge in [0.25, 0.3) is 0 Å². The van der Waals surface area contributed by atoms with Crippen LogP contribution in [0.1, 0.15) is 27.0 Å². The van der Waals surface area contributed by atoms with Gasteiger partial charge in [-0.15, -0.1) is 0 Å². The van der Waals surface area contributed by atoms with Gasteiger partial charge in [0.15, 0.2) is 0 Å². The van der Waals surface area contributed by atoms with E-state index in [1.807, 2.05) is 12.1 Å². The summed E-state index contributed by atoms with van der Waals surface area (Å²) in [6, 6.07) is 19.3. The van der Waals surface area contributed by atoms with E-state index in [-0.39, 0.29) is 30.3 Å². The molecule has 3 rings (SSSR count). The van der Waals surface area contributed by atoms with Gasteiger partial charge in [0, 0.05) is 5.56 Å². The summed E-state index contributed by atoms with van der Waals surface area (Å²) >= 11 is 0. The number of aromatic carboxylic acids is 1. The molecule has 0 aliphatic rings.